The van der Waals surface area contributed by atoms with Crippen molar-refractivity contribution in [3.63, 3.8) is 0 Å². The molecule has 3 rings (SSSR count). The van der Waals surface area contributed by atoms with Gasteiger partial charge in [-0.15, -0.1) is 0 Å². The van der Waals surface area contributed by atoms with Gasteiger partial charge < -0.3 is 15.4 Å². The van der Waals surface area contributed by atoms with Gasteiger partial charge in [-0.1, -0.05) is 6.07 Å². The highest BCUT2D eigenvalue weighted by atomic mass is 16.5. The third-order valence-electron chi connectivity index (χ3n) is 4.49. The molecule has 1 saturated heterocycles. The summed E-state index contributed by atoms with van der Waals surface area (Å²) in [6, 6.07) is 5.34. The van der Waals surface area contributed by atoms with Crippen LogP contribution in [0.3, 0.4) is 0 Å². The van der Waals surface area contributed by atoms with Crippen LogP contribution in [0.1, 0.15) is 50.9 Å². The van der Waals surface area contributed by atoms with Gasteiger partial charge in [-0.05, 0) is 43.0 Å². The number of likely N-dealkylation sites (tertiary alicyclic amines) is 1. The Hall–Kier alpha value is -2.96. The molecule has 0 unspecified atom stereocenters. The molecule has 25 heavy (non-hydrogen) atoms. The van der Waals surface area contributed by atoms with E-state index in [-0.39, 0.29) is 29.4 Å². The smallest absolute Gasteiger partial charge is 0.337 e. The fourth-order valence-electron chi connectivity index (χ4n) is 3.28. The molecular weight excluding hydrogens is 320 g/mol. The molecule has 2 N–H and O–H groups in total. The number of aryl methyl sites for hydroxylation is 1. The van der Waals surface area contributed by atoms with Crippen molar-refractivity contribution >= 4 is 17.7 Å². The number of benzene rings is 1. The number of nitrogens with zero attached hydrogens (tertiary/aromatic N) is 3. The van der Waals surface area contributed by atoms with E-state index in [2.05, 4.69) is 9.97 Å². The molecule has 1 aromatic heterocycles. The Morgan fingerprint density at radius 2 is 2.04 bits per heavy atom. The van der Waals surface area contributed by atoms with Gasteiger partial charge >= 0.3 is 5.97 Å². The van der Waals surface area contributed by atoms with Crippen molar-refractivity contribution in [1.29, 1.82) is 0 Å². The summed E-state index contributed by atoms with van der Waals surface area (Å²) in [6.07, 6.45) is 4.67. The van der Waals surface area contributed by atoms with E-state index in [0.29, 0.717) is 12.1 Å². The van der Waals surface area contributed by atoms with E-state index in [4.69, 9.17) is 10.5 Å². The summed E-state index contributed by atoms with van der Waals surface area (Å²) in [5, 5.41) is 0. The van der Waals surface area contributed by atoms with Crippen LogP contribution in [-0.2, 0) is 4.74 Å². The van der Waals surface area contributed by atoms with Gasteiger partial charge in [0, 0.05) is 18.9 Å². The number of esters is 1. The molecule has 7 heteroatoms. The number of anilines is 1. The zero-order chi connectivity index (χ0) is 18.0. The zero-order valence-electron chi connectivity index (χ0n) is 14.2. The molecule has 1 atom stereocenters. The molecule has 0 bridgehead atoms. The molecule has 1 fully saturated rings. The lowest BCUT2D eigenvalue weighted by molar-refractivity contribution is 0.0599. The molecule has 1 aliphatic heterocycles. The van der Waals surface area contributed by atoms with E-state index in [1.807, 2.05) is 13.0 Å². The first-order chi connectivity index (χ1) is 12.0. The summed E-state index contributed by atoms with van der Waals surface area (Å²) in [7, 11) is 1.36. The van der Waals surface area contributed by atoms with Crippen molar-refractivity contribution in [2.75, 3.05) is 19.4 Å². The standard InChI is InChI=1S/C18H20N4O3/c1-11-10-12(18(24)25-2)5-6-13(11)14-4-3-9-22(14)17(23)15-16(19)21-8-7-20-15/h5-8,10,14H,3-4,9H2,1-2H3,(H2,19,21)/t14-/m1/s1. The van der Waals surface area contributed by atoms with E-state index in [1.54, 1.807) is 17.0 Å². The summed E-state index contributed by atoms with van der Waals surface area (Å²) in [5.41, 5.74) is 8.43. The summed E-state index contributed by atoms with van der Waals surface area (Å²) in [5.74, 6) is -0.457. The minimum Gasteiger partial charge on any atom is -0.465 e. The molecule has 1 aliphatic rings. The highest BCUT2D eigenvalue weighted by Crippen LogP contribution is 2.35. The monoisotopic (exact) mass is 340 g/mol. The summed E-state index contributed by atoms with van der Waals surface area (Å²) >= 11 is 0. The maximum atomic E-state index is 12.9. The van der Waals surface area contributed by atoms with Crippen LogP contribution in [-0.4, -0.2) is 40.4 Å². The van der Waals surface area contributed by atoms with Crippen LogP contribution in [0, 0.1) is 6.92 Å². The minimum atomic E-state index is -0.374. The van der Waals surface area contributed by atoms with Crippen LogP contribution < -0.4 is 5.73 Å². The first kappa shape index (κ1) is 16.9. The quantitative estimate of drug-likeness (QED) is 0.860. The van der Waals surface area contributed by atoms with E-state index >= 15 is 0 Å². The van der Waals surface area contributed by atoms with E-state index < -0.39 is 0 Å². The Bertz CT molecular complexity index is 822. The number of nitrogens with two attached hydrogens (primary N) is 1. The average Bonchev–Trinajstić information content (AvgIpc) is 3.10. The van der Waals surface area contributed by atoms with Gasteiger partial charge in [-0.2, -0.15) is 0 Å². The minimum absolute atomic E-state index is 0.0689. The lowest BCUT2D eigenvalue weighted by Crippen LogP contribution is -2.32. The van der Waals surface area contributed by atoms with Gasteiger partial charge in [0.05, 0.1) is 18.7 Å². The largest absolute Gasteiger partial charge is 0.465 e. The van der Waals surface area contributed by atoms with Gasteiger partial charge in [0.15, 0.2) is 11.5 Å². The Labute approximate surface area is 145 Å². The second-order valence-electron chi connectivity index (χ2n) is 6.01. The number of hydrogen-bond acceptors (Lipinski definition) is 6. The van der Waals surface area contributed by atoms with Crippen molar-refractivity contribution in [1.82, 2.24) is 14.9 Å². The van der Waals surface area contributed by atoms with E-state index in [1.165, 1.54) is 19.5 Å². The molecule has 0 spiro atoms. The first-order valence-electron chi connectivity index (χ1n) is 8.09. The summed E-state index contributed by atoms with van der Waals surface area (Å²) in [4.78, 5) is 34.3. The van der Waals surface area contributed by atoms with Crippen LogP contribution in [0.4, 0.5) is 5.82 Å². The predicted molar refractivity (Wildman–Crippen MR) is 92.0 cm³/mol. The zero-order valence-corrected chi connectivity index (χ0v) is 14.2. The number of nitrogen functional groups attached to an aromatic ring is 1. The summed E-state index contributed by atoms with van der Waals surface area (Å²) in [6.45, 7) is 2.57. The molecule has 0 aliphatic carbocycles. The molecule has 2 heterocycles. The van der Waals surface area contributed by atoms with Crippen molar-refractivity contribution in [3.05, 3.63) is 53.0 Å². The average molecular weight is 340 g/mol. The van der Waals surface area contributed by atoms with Crippen LogP contribution in [0.5, 0.6) is 0 Å². The van der Waals surface area contributed by atoms with Crippen molar-refractivity contribution < 1.29 is 14.3 Å². The Balaban J connectivity index is 1.91. The third kappa shape index (κ3) is 3.17. The number of methoxy groups -OCH3 is 1. The molecular formula is C18H20N4O3. The summed E-state index contributed by atoms with van der Waals surface area (Å²) < 4.78 is 4.75. The highest BCUT2D eigenvalue weighted by Gasteiger charge is 2.33. The lowest BCUT2D eigenvalue weighted by Gasteiger charge is -2.26. The van der Waals surface area contributed by atoms with Crippen LogP contribution in [0.25, 0.3) is 0 Å². The van der Waals surface area contributed by atoms with E-state index in [9.17, 15) is 9.59 Å². The predicted octanol–water partition coefficient (Wildman–Crippen LogP) is 2.13. The lowest BCUT2D eigenvalue weighted by atomic mass is 9.97. The fraction of sp³-hybridized carbons (Fsp3) is 0.333. The molecule has 0 radical (unpaired) electrons. The normalized spacial score (nSPS) is 16.7. The van der Waals surface area contributed by atoms with Crippen molar-refractivity contribution in [2.24, 2.45) is 0 Å². The van der Waals surface area contributed by atoms with Gasteiger partial charge in [0.25, 0.3) is 5.91 Å². The molecule has 7 nitrogen and oxygen atoms in total. The number of ether oxygens (including phenoxy) is 1. The van der Waals surface area contributed by atoms with Crippen LogP contribution >= 0.6 is 0 Å². The fourth-order valence-corrected chi connectivity index (χ4v) is 3.28. The maximum absolute atomic E-state index is 12.9. The van der Waals surface area contributed by atoms with Crippen molar-refractivity contribution in [3.8, 4) is 0 Å². The molecule has 1 aromatic carbocycles. The van der Waals surface area contributed by atoms with Crippen LogP contribution in [0.15, 0.2) is 30.6 Å². The molecule has 130 valence electrons. The highest BCUT2D eigenvalue weighted by molar-refractivity contribution is 5.96. The number of carbonyl (C=O) groups is 2. The third-order valence-corrected chi connectivity index (χ3v) is 4.49. The number of aromatic nitrogens is 2. The number of carbonyl (C=O) groups excluding carboxylic acids is 2. The van der Waals surface area contributed by atoms with Crippen LogP contribution in [0.2, 0.25) is 0 Å². The van der Waals surface area contributed by atoms with Gasteiger partial charge in [0.2, 0.25) is 0 Å². The van der Waals surface area contributed by atoms with Gasteiger partial charge in [-0.25, -0.2) is 14.8 Å². The SMILES string of the molecule is COC(=O)c1ccc([C@H]2CCCN2C(=O)c2nccnc2N)c(C)c1. The number of rotatable bonds is 3. The van der Waals surface area contributed by atoms with Gasteiger partial charge in [0.1, 0.15) is 0 Å². The topological polar surface area (TPSA) is 98.4 Å². The Morgan fingerprint density at radius 1 is 1.28 bits per heavy atom. The molecule has 2 aromatic rings. The van der Waals surface area contributed by atoms with Gasteiger partial charge in [-0.3, -0.25) is 4.79 Å². The Kier molecular flexibility index (Phi) is 4.65. The molecule has 0 saturated carbocycles. The number of amides is 1. The van der Waals surface area contributed by atoms with E-state index in [0.717, 1.165) is 24.0 Å². The Morgan fingerprint density at radius 3 is 2.72 bits per heavy atom. The molecule has 1 amide bonds. The first-order valence-corrected chi connectivity index (χ1v) is 8.09. The number of hydrogen-bond donors (Lipinski definition) is 1. The second kappa shape index (κ2) is 6.88. The second-order valence-corrected chi connectivity index (χ2v) is 6.01. The maximum Gasteiger partial charge on any atom is 0.337 e. The van der Waals surface area contributed by atoms with Crippen molar-refractivity contribution in [2.45, 2.75) is 25.8 Å².